The molecule has 17 nitrogen and oxygen atoms in total. The second kappa shape index (κ2) is 11.3. The Hall–Kier alpha value is -2.34. The molecule has 0 radical (unpaired) electrons. The van der Waals surface area contributed by atoms with E-state index in [9.17, 15) is 14.0 Å². The predicted octanol–water partition coefficient (Wildman–Crippen LogP) is 2.80. The normalized spacial score (nSPS) is 29.0. The van der Waals surface area contributed by atoms with Gasteiger partial charge < -0.3 is 30.2 Å². The summed E-state index contributed by atoms with van der Waals surface area (Å²) in [5.41, 5.74) is 13.7. The number of hydrogen-bond acceptors (Lipinski definition) is 14. The van der Waals surface area contributed by atoms with Gasteiger partial charge in [-0.1, -0.05) is 31.4 Å². The van der Waals surface area contributed by atoms with Crippen LogP contribution in [0.5, 0.6) is 0 Å². The molecule has 1 aliphatic carbocycles. The first kappa shape index (κ1) is 29.7. The highest BCUT2D eigenvalue weighted by Crippen LogP contribution is 2.58. The first-order valence-electron chi connectivity index (χ1n) is 12.8. The van der Waals surface area contributed by atoms with Gasteiger partial charge in [0.15, 0.2) is 22.9 Å². The van der Waals surface area contributed by atoms with Gasteiger partial charge in [0, 0.05) is 17.9 Å². The lowest BCUT2D eigenvalue weighted by Gasteiger charge is -2.44. The van der Waals surface area contributed by atoms with Crippen molar-refractivity contribution in [3.63, 3.8) is 0 Å². The van der Waals surface area contributed by atoms with Crippen LogP contribution in [-0.2, 0) is 27.4 Å². The van der Waals surface area contributed by atoms with Crippen molar-refractivity contribution >= 4 is 72.1 Å². The molecule has 0 spiro atoms. The van der Waals surface area contributed by atoms with Crippen molar-refractivity contribution in [1.82, 2.24) is 39.0 Å². The molecule has 4 aromatic rings. The third kappa shape index (κ3) is 5.89. The SMILES string of the molecule is C[C@@H]1C[C@@H](COP(=O)(S)OC[C@@H]2[C@@H](OP(=O)(O)S)C[C@H]2n2cnc3c(N)ncnc32)O[C@H]1n1cnc2c(N)ncnc21. The van der Waals surface area contributed by atoms with Gasteiger partial charge in [0.1, 0.15) is 29.9 Å². The number of hydrogen-bond donors (Lipinski definition) is 5. The average Bonchev–Trinajstić information content (AvgIpc) is 3.62. The smallest absolute Gasteiger partial charge is 0.382 e. The maximum absolute atomic E-state index is 13.2. The van der Waals surface area contributed by atoms with E-state index in [2.05, 4.69) is 54.4 Å². The standard InChI is InChI=1S/C21H28N10O7P2S2/c1-10-2-11(37-21(10)31-9-29-16-18(23)25-7-27-20(16)31)4-35-40(34,42)36-5-12-13(3-14(12)38-39(32,33)41)30-8-28-15-17(22)24-6-26-19(15)30/h6-14,21H,2-5H2,1H3,(H,34,42)(H2,22,24,26)(H2,23,25,27)(H2,32,33,41)/t10-,11+,12+,13-,14+,21-,40?/m1/s1. The van der Waals surface area contributed by atoms with Crippen molar-refractivity contribution in [3.8, 4) is 0 Å². The quantitative estimate of drug-likeness (QED) is 0.122. The van der Waals surface area contributed by atoms with E-state index in [1.165, 1.54) is 12.7 Å². The lowest BCUT2D eigenvalue weighted by molar-refractivity contribution is -0.0393. The highest BCUT2D eigenvalue weighted by atomic mass is 32.7. The molecule has 0 bridgehead atoms. The predicted molar refractivity (Wildman–Crippen MR) is 156 cm³/mol. The van der Waals surface area contributed by atoms with Crippen LogP contribution in [0.25, 0.3) is 22.3 Å². The van der Waals surface area contributed by atoms with E-state index < -0.39 is 37.9 Å². The zero-order chi connectivity index (χ0) is 29.8. The van der Waals surface area contributed by atoms with Gasteiger partial charge in [-0.2, -0.15) is 0 Å². The summed E-state index contributed by atoms with van der Waals surface area (Å²) in [7, 11) is 0. The number of rotatable bonds is 10. The topological polar surface area (TPSA) is 231 Å². The molecule has 2 fully saturated rings. The van der Waals surface area contributed by atoms with E-state index in [-0.39, 0.29) is 36.8 Å². The van der Waals surface area contributed by atoms with Crippen molar-refractivity contribution in [3.05, 3.63) is 25.3 Å². The maximum atomic E-state index is 13.2. The van der Waals surface area contributed by atoms with Crippen LogP contribution in [0.4, 0.5) is 11.6 Å². The van der Waals surface area contributed by atoms with Crippen molar-refractivity contribution in [1.29, 1.82) is 0 Å². The molecule has 1 aliphatic heterocycles. The molecule has 5 N–H and O–H groups in total. The molecular weight excluding hydrogens is 630 g/mol. The van der Waals surface area contributed by atoms with Gasteiger partial charge in [-0.3, -0.25) is 13.6 Å². The summed E-state index contributed by atoms with van der Waals surface area (Å²) >= 11 is 7.78. The Morgan fingerprint density at radius 1 is 0.952 bits per heavy atom. The molecule has 5 heterocycles. The van der Waals surface area contributed by atoms with E-state index in [0.29, 0.717) is 35.2 Å². The molecule has 8 atom stereocenters. The Kier molecular flexibility index (Phi) is 8.00. The summed E-state index contributed by atoms with van der Waals surface area (Å²) in [6.45, 7) is -6.21. The molecule has 1 saturated carbocycles. The molecule has 0 amide bonds. The molecule has 2 unspecified atom stereocenters. The summed E-state index contributed by atoms with van der Waals surface area (Å²) in [6.07, 6.45) is 5.20. The Bertz CT molecular complexity index is 1720. The fourth-order valence-electron chi connectivity index (χ4n) is 5.40. The number of aromatic nitrogens is 8. The zero-order valence-corrected chi connectivity index (χ0v) is 25.6. The van der Waals surface area contributed by atoms with E-state index in [1.54, 1.807) is 21.8 Å². The molecule has 21 heteroatoms. The Morgan fingerprint density at radius 3 is 2.19 bits per heavy atom. The molecule has 1 saturated heterocycles. The summed E-state index contributed by atoms with van der Waals surface area (Å²) in [4.78, 5) is 34.7. The first-order chi connectivity index (χ1) is 19.9. The van der Waals surface area contributed by atoms with E-state index in [4.69, 9.17) is 29.8 Å². The summed E-state index contributed by atoms with van der Waals surface area (Å²) in [5.74, 6) is 0.00531. The van der Waals surface area contributed by atoms with Crippen molar-refractivity contribution in [2.24, 2.45) is 11.8 Å². The van der Waals surface area contributed by atoms with Crippen molar-refractivity contribution in [2.75, 3.05) is 24.7 Å². The summed E-state index contributed by atoms with van der Waals surface area (Å²) in [5, 5.41) is 0. The number of nitrogens with zero attached hydrogens (tertiary/aromatic N) is 8. The lowest BCUT2D eigenvalue weighted by atomic mass is 9.77. The number of nitrogen functional groups attached to an aromatic ring is 2. The fraction of sp³-hybridized carbons (Fsp3) is 0.524. The summed E-state index contributed by atoms with van der Waals surface area (Å²) < 4.78 is 51.2. The minimum atomic E-state index is -4.12. The van der Waals surface area contributed by atoms with Crippen LogP contribution in [0.3, 0.4) is 0 Å². The van der Waals surface area contributed by atoms with Crippen LogP contribution in [-0.4, -0.2) is 69.4 Å². The van der Waals surface area contributed by atoms with Crippen LogP contribution in [0, 0.1) is 11.8 Å². The monoisotopic (exact) mass is 658 g/mol. The second-order valence-corrected chi connectivity index (χ2v) is 15.8. The third-order valence-electron chi connectivity index (χ3n) is 7.43. The zero-order valence-electron chi connectivity index (χ0n) is 22.0. The number of thiol groups is 2. The molecule has 226 valence electrons. The van der Waals surface area contributed by atoms with Gasteiger partial charge in [-0.15, -0.1) is 0 Å². The molecular formula is C21H28N10O7P2S2. The first-order valence-corrected chi connectivity index (χ1v) is 18.2. The van der Waals surface area contributed by atoms with Crippen molar-refractivity contribution < 1.29 is 32.3 Å². The van der Waals surface area contributed by atoms with Crippen LogP contribution in [0.2, 0.25) is 0 Å². The third-order valence-corrected chi connectivity index (χ3v) is 9.90. The number of nitrogens with two attached hydrogens (primary N) is 2. The van der Waals surface area contributed by atoms with Gasteiger partial charge in [0.2, 0.25) is 0 Å². The van der Waals surface area contributed by atoms with Gasteiger partial charge in [0.05, 0.1) is 38.1 Å². The molecule has 2 aliphatic rings. The Labute approximate surface area is 249 Å². The highest BCUT2D eigenvalue weighted by molar-refractivity contribution is 8.44. The van der Waals surface area contributed by atoms with E-state index >= 15 is 0 Å². The fourth-order valence-corrected chi connectivity index (χ4v) is 7.55. The largest absolute Gasteiger partial charge is 0.386 e. The van der Waals surface area contributed by atoms with Crippen molar-refractivity contribution in [2.45, 2.75) is 44.2 Å². The maximum Gasteiger partial charge on any atom is 0.386 e. The van der Waals surface area contributed by atoms with Crippen LogP contribution in [0.1, 0.15) is 32.0 Å². The van der Waals surface area contributed by atoms with Gasteiger partial charge in [0.25, 0.3) is 0 Å². The molecule has 6 rings (SSSR count). The number of fused-ring (bicyclic) bond motifs is 2. The minimum Gasteiger partial charge on any atom is -0.382 e. The lowest BCUT2D eigenvalue weighted by Crippen LogP contribution is -2.46. The van der Waals surface area contributed by atoms with E-state index in [0.717, 1.165) is 0 Å². The number of ether oxygens (including phenoxy) is 1. The van der Waals surface area contributed by atoms with E-state index in [1.807, 2.05) is 6.92 Å². The second-order valence-electron chi connectivity index (χ2n) is 10.2. The Balaban J connectivity index is 1.10. The summed E-state index contributed by atoms with van der Waals surface area (Å²) in [6, 6.07) is -0.329. The van der Waals surface area contributed by atoms with Gasteiger partial charge in [-0.05, 0) is 12.8 Å². The van der Waals surface area contributed by atoms with Gasteiger partial charge in [-0.25, -0.2) is 39.0 Å². The van der Waals surface area contributed by atoms with Crippen LogP contribution in [0.15, 0.2) is 25.3 Å². The molecule has 4 aromatic heterocycles. The minimum absolute atomic E-state index is 0.0514. The average molecular weight is 659 g/mol. The van der Waals surface area contributed by atoms with Crippen LogP contribution >= 0.6 is 38.1 Å². The van der Waals surface area contributed by atoms with Gasteiger partial charge >= 0.3 is 13.6 Å². The Morgan fingerprint density at radius 2 is 1.55 bits per heavy atom. The number of anilines is 2. The highest BCUT2D eigenvalue weighted by Gasteiger charge is 2.47. The molecule has 42 heavy (non-hydrogen) atoms. The van der Waals surface area contributed by atoms with Crippen LogP contribution < -0.4 is 11.5 Å². The number of imidazole rings is 2. The molecule has 0 aromatic carbocycles.